The van der Waals surface area contributed by atoms with Crippen molar-refractivity contribution >= 4 is 27.3 Å². The smallest absolute Gasteiger partial charge is 0.246 e. The first-order chi connectivity index (χ1) is 13.9. The van der Waals surface area contributed by atoms with Crippen LogP contribution in [0.2, 0.25) is 5.02 Å². The Morgan fingerprint density at radius 3 is 2.41 bits per heavy atom. The van der Waals surface area contributed by atoms with Crippen molar-refractivity contribution in [1.82, 2.24) is 14.1 Å². The molecule has 0 unspecified atom stereocenters. The van der Waals surface area contributed by atoms with Gasteiger partial charge >= 0.3 is 0 Å². The van der Waals surface area contributed by atoms with Crippen LogP contribution in [0.3, 0.4) is 0 Å². The van der Waals surface area contributed by atoms with Crippen LogP contribution in [0, 0.1) is 6.92 Å². The third-order valence-corrected chi connectivity index (χ3v) is 7.36. The van der Waals surface area contributed by atoms with Crippen molar-refractivity contribution in [1.29, 1.82) is 0 Å². The van der Waals surface area contributed by atoms with E-state index in [0.717, 1.165) is 11.3 Å². The lowest BCUT2D eigenvalue weighted by atomic mass is 10.2. The van der Waals surface area contributed by atoms with Gasteiger partial charge in [-0.05, 0) is 30.7 Å². The molecule has 6 nitrogen and oxygen atoms in total. The second kappa shape index (κ2) is 8.18. The van der Waals surface area contributed by atoms with Crippen LogP contribution in [0.5, 0.6) is 0 Å². The maximum atomic E-state index is 13.2. The van der Waals surface area contributed by atoms with Gasteiger partial charge in [-0.15, -0.1) is 0 Å². The lowest BCUT2D eigenvalue weighted by Gasteiger charge is -2.35. The number of halogens is 1. The Morgan fingerprint density at radius 1 is 1.00 bits per heavy atom. The standard InChI is InChI=1S/C21H23ClN4O2S/c1-17-21(16-25(23-17)15-18-6-3-2-4-7-18)29(27,28)26-12-10-24(11-13-26)20-9-5-8-19(22)14-20/h2-9,14,16H,10-13,15H2,1H3. The van der Waals surface area contributed by atoms with Crippen molar-refractivity contribution in [3.05, 3.63) is 77.1 Å². The van der Waals surface area contributed by atoms with E-state index in [1.807, 2.05) is 54.6 Å². The Bertz CT molecular complexity index is 1090. The fourth-order valence-corrected chi connectivity index (χ4v) is 5.38. The summed E-state index contributed by atoms with van der Waals surface area (Å²) >= 11 is 6.08. The zero-order valence-electron chi connectivity index (χ0n) is 16.2. The summed E-state index contributed by atoms with van der Waals surface area (Å²) in [5, 5.41) is 5.10. The number of hydrogen-bond acceptors (Lipinski definition) is 4. The third kappa shape index (κ3) is 4.32. The first kappa shape index (κ1) is 19.9. The molecule has 0 N–H and O–H groups in total. The number of aryl methyl sites for hydroxylation is 1. The second-order valence-corrected chi connectivity index (χ2v) is 9.48. The quantitative estimate of drug-likeness (QED) is 0.622. The minimum absolute atomic E-state index is 0.282. The van der Waals surface area contributed by atoms with Crippen molar-refractivity contribution in [2.75, 3.05) is 31.1 Å². The van der Waals surface area contributed by atoms with Crippen molar-refractivity contribution < 1.29 is 8.42 Å². The van der Waals surface area contributed by atoms with Crippen molar-refractivity contribution in [3.63, 3.8) is 0 Å². The largest absolute Gasteiger partial charge is 0.369 e. The van der Waals surface area contributed by atoms with Crippen molar-refractivity contribution in [2.24, 2.45) is 0 Å². The Labute approximate surface area is 176 Å². The van der Waals surface area contributed by atoms with Crippen LogP contribution in [0.25, 0.3) is 0 Å². The highest BCUT2D eigenvalue weighted by atomic mass is 35.5. The molecule has 29 heavy (non-hydrogen) atoms. The normalized spacial score (nSPS) is 15.6. The summed E-state index contributed by atoms with van der Waals surface area (Å²) in [6, 6.07) is 17.5. The van der Waals surface area contributed by atoms with Crippen LogP contribution >= 0.6 is 11.6 Å². The van der Waals surface area contributed by atoms with E-state index < -0.39 is 10.0 Å². The molecule has 0 bridgehead atoms. The average Bonchev–Trinajstić information content (AvgIpc) is 3.10. The molecule has 1 aliphatic heterocycles. The highest BCUT2D eigenvalue weighted by Crippen LogP contribution is 2.24. The van der Waals surface area contributed by atoms with Gasteiger partial charge in [0.2, 0.25) is 10.0 Å². The summed E-state index contributed by atoms with van der Waals surface area (Å²) in [5.74, 6) is 0. The van der Waals surface area contributed by atoms with Crippen LogP contribution < -0.4 is 4.90 Å². The van der Waals surface area contributed by atoms with E-state index in [1.165, 1.54) is 0 Å². The summed E-state index contributed by atoms with van der Waals surface area (Å²) in [6.07, 6.45) is 1.64. The molecule has 0 atom stereocenters. The number of sulfonamides is 1. The molecule has 152 valence electrons. The average molecular weight is 431 g/mol. The van der Waals surface area contributed by atoms with Gasteiger partial charge < -0.3 is 4.90 Å². The molecule has 1 aliphatic rings. The van der Waals surface area contributed by atoms with Gasteiger partial charge in [0.15, 0.2) is 0 Å². The van der Waals surface area contributed by atoms with Gasteiger partial charge in [-0.25, -0.2) is 8.42 Å². The molecule has 2 heterocycles. The number of anilines is 1. The van der Waals surface area contributed by atoms with Crippen molar-refractivity contribution in [2.45, 2.75) is 18.4 Å². The van der Waals surface area contributed by atoms with Crippen LogP contribution in [-0.2, 0) is 16.6 Å². The molecule has 1 saturated heterocycles. The molecule has 1 aromatic heterocycles. The molecule has 3 aromatic rings. The monoisotopic (exact) mass is 430 g/mol. The van der Waals surface area contributed by atoms with Crippen molar-refractivity contribution in [3.8, 4) is 0 Å². The van der Waals surface area contributed by atoms with Gasteiger partial charge in [0.25, 0.3) is 0 Å². The Balaban J connectivity index is 1.48. The van der Waals surface area contributed by atoms with E-state index in [9.17, 15) is 8.42 Å². The number of benzene rings is 2. The zero-order chi connectivity index (χ0) is 20.4. The van der Waals surface area contributed by atoms with Gasteiger partial charge in [-0.3, -0.25) is 4.68 Å². The van der Waals surface area contributed by atoms with E-state index >= 15 is 0 Å². The molecule has 0 radical (unpaired) electrons. The number of hydrogen-bond donors (Lipinski definition) is 0. The Hall–Kier alpha value is -2.35. The van der Waals surface area contributed by atoms with E-state index in [2.05, 4.69) is 10.00 Å². The summed E-state index contributed by atoms with van der Waals surface area (Å²) in [6.45, 7) is 4.39. The molecular weight excluding hydrogens is 408 g/mol. The van der Waals surface area contributed by atoms with E-state index in [-0.39, 0.29) is 4.90 Å². The summed E-state index contributed by atoms with van der Waals surface area (Å²) < 4.78 is 29.6. The fraction of sp³-hybridized carbons (Fsp3) is 0.286. The number of nitrogens with zero attached hydrogens (tertiary/aromatic N) is 4. The highest BCUT2D eigenvalue weighted by molar-refractivity contribution is 7.89. The Morgan fingerprint density at radius 2 is 1.72 bits per heavy atom. The molecule has 4 rings (SSSR count). The van der Waals surface area contributed by atoms with Gasteiger partial charge in [0, 0.05) is 43.1 Å². The first-order valence-corrected chi connectivity index (χ1v) is 11.3. The number of rotatable bonds is 5. The molecule has 0 saturated carbocycles. The summed E-state index contributed by atoms with van der Waals surface area (Å²) in [4.78, 5) is 2.44. The first-order valence-electron chi connectivity index (χ1n) is 9.52. The van der Waals surface area contributed by atoms with Crippen LogP contribution in [0.15, 0.2) is 65.7 Å². The number of piperazine rings is 1. The minimum Gasteiger partial charge on any atom is -0.369 e. The second-order valence-electron chi connectivity index (χ2n) is 7.13. The molecule has 8 heteroatoms. The minimum atomic E-state index is -3.58. The zero-order valence-corrected chi connectivity index (χ0v) is 17.8. The lowest BCUT2D eigenvalue weighted by Crippen LogP contribution is -2.48. The number of aromatic nitrogens is 2. The lowest BCUT2D eigenvalue weighted by molar-refractivity contribution is 0.384. The topological polar surface area (TPSA) is 58.4 Å². The van der Waals surface area contributed by atoms with Gasteiger partial charge in [0.05, 0.1) is 12.2 Å². The molecule has 0 spiro atoms. The molecule has 0 amide bonds. The van der Waals surface area contributed by atoms with Gasteiger partial charge in [-0.1, -0.05) is 48.0 Å². The van der Waals surface area contributed by atoms with Gasteiger partial charge in [0.1, 0.15) is 4.90 Å². The third-order valence-electron chi connectivity index (χ3n) is 5.12. The molecule has 1 fully saturated rings. The van der Waals surface area contributed by atoms with Crippen LogP contribution in [0.4, 0.5) is 5.69 Å². The van der Waals surface area contributed by atoms with Crippen LogP contribution in [0.1, 0.15) is 11.3 Å². The predicted octanol–water partition coefficient (Wildman–Crippen LogP) is 3.40. The fourth-order valence-electron chi connectivity index (χ4n) is 3.60. The maximum absolute atomic E-state index is 13.2. The summed E-state index contributed by atoms with van der Waals surface area (Å²) in [7, 11) is -3.58. The van der Waals surface area contributed by atoms with Crippen LogP contribution in [-0.4, -0.2) is 48.7 Å². The predicted molar refractivity (Wildman–Crippen MR) is 115 cm³/mol. The molecule has 0 aliphatic carbocycles. The maximum Gasteiger partial charge on any atom is 0.246 e. The molecule has 2 aromatic carbocycles. The Kier molecular flexibility index (Phi) is 5.63. The van der Waals surface area contributed by atoms with E-state index in [4.69, 9.17) is 11.6 Å². The summed E-state index contributed by atoms with van der Waals surface area (Å²) in [5.41, 5.74) is 2.62. The molecular formula is C21H23ClN4O2S. The van der Waals surface area contributed by atoms with Gasteiger partial charge in [-0.2, -0.15) is 9.40 Å². The SMILES string of the molecule is Cc1nn(Cc2ccccc2)cc1S(=O)(=O)N1CCN(c2cccc(Cl)c2)CC1. The van der Waals surface area contributed by atoms with E-state index in [1.54, 1.807) is 22.1 Å². The van der Waals surface area contributed by atoms with E-state index in [0.29, 0.717) is 43.4 Å². The highest BCUT2D eigenvalue weighted by Gasteiger charge is 2.31.